The SMILES string of the molecule is Cn1nc(C2CC3CC(NCCN)CC3C2)c(C(=O)Nc2ccc(F)c(Cl)c2)c1N. The minimum atomic E-state index is -0.534. The maximum absolute atomic E-state index is 13.4. The zero-order valence-electron chi connectivity index (χ0n) is 17.0. The van der Waals surface area contributed by atoms with Gasteiger partial charge in [-0.3, -0.25) is 9.48 Å². The number of benzene rings is 1. The molecule has 4 rings (SSSR count). The van der Waals surface area contributed by atoms with Gasteiger partial charge in [0, 0.05) is 37.8 Å². The molecule has 1 amide bonds. The third kappa shape index (κ3) is 4.04. The summed E-state index contributed by atoms with van der Waals surface area (Å²) in [4.78, 5) is 13.0. The summed E-state index contributed by atoms with van der Waals surface area (Å²) in [5.41, 5.74) is 13.4. The van der Waals surface area contributed by atoms with Crippen LogP contribution in [0, 0.1) is 17.7 Å². The molecule has 0 bridgehead atoms. The molecule has 2 saturated carbocycles. The zero-order valence-corrected chi connectivity index (χ0v) is 17.8. The lowest BCUT2D eigenvalue weighted by Crippen LogP contribution is -2.31. The van der Waals surface area contributed by atoms with Gasteiger partial charge in [0.25, 0.3) is 5.91 Å². The third-order valence-corrected chi connectivity index (χ3v) is 6.79. The lowest BCUT2D eigenvalue weighted by Gasteiger charge is -2.16. The van der Waals surface area contributed by atoms with E-state index in [0.717, 1.165) is 37.9 Å². The van der Waals surface area contributed by atoms with Crippen LogP contribution in [0.4, 0.5) is 15.9 Å². The summed E-state index contributed by atoms with van der Waals surface area (Å²) >= 11 is 5.83. The summed E-state index contributed by atoms with van der Waals surface area (Å²) in [6, 6.07) is 4.61. The highest BCUT2D eigenvalue weighted by Gasteiger charge is 2.44. The van der Waals surface area contributed by atoms with Crippen molar-refractivity contribution in [3.63, 3.8) is 0 Å². The fourth-order valence-corrected chi connectivity index (χ4v) is 5.32. The van der Waals surface area contributed by atoms with Crippen molar-refractivity contribution in [1.82, 2.24) is 15.1 Å². The first kappa shape index (κ1) is 21.1. The van der Waals surface area contributed by atoms with E-state index in [2.05, 4.69) is 15.7 Å². The van der Waals surface area contributed by atoms with Crippen LogP contribution in [0.25, 0.3) is 0 Å². The van der Waals surface area contributed by atoms with E-state index in [-0.39, 0.29) is 16.8 Å². The Morgan fingerprint density at radius 1 is 1.30 bits per heavy atom. The van der Waals surface area contributed by atoms with E-state index in [1.54, 1.807) is 11.7 Å². The van der Waals surface area contributed by atoms with Gasteiger partial charge in [0.15, 0.2) is 0 Å². The lowest BCUT2D eigenvalue weighted by molar-refractivity contribution is 0.102. The topological polar surface area (TPSA) is 111 Å². The van der Waals surface area contributed by atoms with Gasteiger partial charge < -0.3 is 22.1 Å². The highest BCUT2D eigenvalue weighted by molar-refractivity contribution is 6.31. The van der Waals surface area contributed by atoms with Crippen molar-refractivity contribution in [2.24, 2.45) is 24.6 Å². The number of amides is 1. The minimum absolute atomic E-state index is 0.0476. The van der Waals surface area contributed by atoms with Crippen LogP contribution in [-0.4, -0.2) is 34.8 Å². The monoisotopic (exact) mass is 434 g/mol. The van der Waals surface area contributed by atoms with E-state index in [4.69, 9.17) is 23.1 Å². The summed E-state index contributed by atoms with van der Waals surface area (Å²) < 4.78 is 15.0. The minimum Gasteiger partial charge on any atom is -0.383 e. The van der Waals surface area contributed by atoms with Crippen molar-refractivity contribution in [3.8, 4) is 0 Å². The number of aromatic nitrogens is 2. The van der Waals surface area contributed by atoms with E-state index >= 15 is 0 Å². The van der Waals surface area contributed by atoms with Gasteiger partial charge in [-0.15, -0.1) is 0 Å². The number of nitrogens with zero attached hydrogens (tertiary/aromatic N) is 2. The van der Waals surface area contributed by atoms with Crippen LogP contribution in [0.3, 0.4) is 0 Å². The van der Waals surface area contributed by atoms with Crippen molar-refractivity contribution >= 4 is 29.0 Å². The predicted octanol–water partition coefficient (Wildman–Crippen LogP) is 2.87. The van der Waals surface area contributed by atoms with Gasteiger partial charge in [-0.1, -0.05) is 11.6 Å². The second-order valence-corrected chi connectivity index (χ2v) is 8.86. The molecule has 1 aromatic heterocycles. The van der Waals surface area contributed by atoms with Crippen molar-refractivity contribution in [1.29, 1.82) is 0 Å². The number of hydrogen-bond acceptors (Lipinski definition) is 5. The molecular weight excluding hydrogens is 407 g/mol. The van der Waals surface area contributed by atoms with Gasteiger partial charge in [-0.05, 0) is 55.7 Å². The molecule has 2 aliphatic carbocycles. The van der Waals surface area contributed by atoms with Crippen LogP contribution in [0.2, 0.25) is 5.02 Å². The Morgan fingerprint density at radius 2 is 2.00 bits per heavy atom. The van der Waals surface area contributed by atoms with Crippen LogP contribution in [-0.2, 0) is 7.05 Å². The molecule has 0 aliphatic heterocycles. The molecule has 2 fully saturated rings. The highest BCUT2D eigenvalue weighted by Crippen LogP contribution is 2.51. The fourth-order valence-electron chi connectivity index (χ4n) is 5.14. The number of nitrogens with one attached hydrogen (secondary N) is 2. The van der Waals surface area contributed by atoms with E-state index in [9.17, 15) is 9.18 Å². The molecule has 6 N–H and O–H groups in total. The van der Waals surface area contributed by atoms with Crippen LogP contribution in [0.15, 0.2) is 18.2 Å². The van der Waals surface area contributed by atoms with Gasteiger partial charge >= 0.3 is 0 Å². The number of nitrogen functional groups attached to an aromatic ring is 1. The maximum atomic E-state index is 13.4. The molecule has 7 nitrogen and oxygen atoms in total. The second-order valence-electron chi connectivity index (χ2n) is 8.45. The summed E-state index contributed by atoms with van der Waals surface area (Å²) in [5.74, 6) is 0.901. The van der Waals surface area contributed by atoms with Gasteiger partial charge in [0.2, 0.25) is 0 Å². The van der Waals surface area contributed by atoms with E-state index in [1.807, 2.05) is 0 Å². The maximum Gasteiger partial charge on any atom is 0.261 e. The Bertz CT molecular complexity index is 934. The van der Waals surface area contributed by atoms with Crippen molar-refractivity contribution in [3.05, 3.63) is 40.3 Å². The largest absolute Gasteiger partial charge is 0.383 e. The number of halogens is 2. The first-order valence-electron chi connectivity index (χ1n) is 10.4. The molecule has 162 valence electrons. The molecule has 1 aromatic carbocycles. The first-order chi connectivity index (χ1) is 14.4. The summed E-state index contributed by atoms with van der Waals surface area (Å²) in [6.07, 6.45) is 4.29. The van der Waals surface area contributed by atoms with Gasteiger partial charge in [-0.25, -0.2) is 4.39 Å². The number of fused-ring (bicyclic) bond motifs is 1. The van der Waals surface area contributed by atoms with Crippen molar-refractivity contribution in [2.45, 2.75) is 37.6 Å². The Hall–Kier alpha value is -2.16. The summed E-state index contributed by atoms with van der Waals surface area (Å²) in [7, 11) is 1.74. The number of carbonyl (C=O) groups is 1. The zero-order chi connectivity index (χ0) is 21.4. The number of hydrogen-bond donors (Lipinski definition) is 4. The third-order valence-electron chi connectivity index (χ3n) is 6.50. The molecule has 0 spiro atoms. The van der Waals surface area contributed by atoms with E-state index < -0.39 is 5.82 Å². The molecule has 0 saturated heterocycles. The van der Waals surface area contributed by atoms with Crippen LogP contribution < -0.4 is 22.1 Å². The van der Waals surface area contributed by atoms with Crippen molar-refractivity contribution in [2.75, 3.05) is 24.1 Å². The average molecular weight is 435 g/mol. The fraction of sp³-hybridized carbons (Fsp3) is 0.524. The Balaban J connectivity index is 1.50. The van der Waals surface area contributed by atoms with Gasteiger partial charge in [0.05, 0.1) is 10.7 Å². The Labute approximate surface area is 180 Å². The summed E-state index contributed by atoms with van der Waals surface area (Å²) in [5, 5.41) is 10.9. The van der Waals surface area contributed by atoms with Crippen molar-refractivity contribution < 1.29 is 9.18 Å². The highest BCUT2D eigenvalue weighted by atomic mass is 35.5. The molecule has 30 heavy (non-hydrogen) atoms. The van der Waals surface area contributed by atoms with Crippen LogP contribution in [0.5, 0.6) is 0 Å². The van der Waals surface area contributed by atoms with Gasteiger partial charge in [0.1, 0.15) is 17.2 Å². The first-order valence-corrected chi connectivity index (χ1v) is 10.8. The molecule has 2 aromatic rings. The molecule has 2 atom stereocenters. The average Bonchev–Trinajstić information content (AvgIpc) is 3.35. The number of carbonyl (C=O) groups excluding carboxylic acids is 1. The number of aryl methyl sites for hydroxylation is 1. The predicted molar refractivity (Wildman–Crippen MR) is 116 cm³/mol. The molecule has 0 radical (unpaired) electrons. The van der Waals surface area contributed by atoms with E-state index in [1.165, 1.54) is 18.2 Å². The lowest BCUT2D eigenvalue weighted by atomic mass is 9.95. The molecule has 9 heteroatoms. The molecule has 1 heterocycles. The molecule has 2 unspecified atom stereocenters. The quantitative estimate of drug-likeness (QED) is 0.558. The Morgan fingerprint density at radius 3 is 2.63 bits per heavy atom. The van der Waals surface area contributed by atoms with Crippen LogP contribution in [0.1, 0.15) is 47.7 Å². The standard InChI is InChI=1S/C21H28ClFN6O/c1-29-20(25)18(21(30)27-14-2-3-17(23)16(22)10-14)19(28-29)13-6-11-8-15(26-5-4-24)9-12(11)7-13/h2-3,10-13,15,26H,4-9,24-25H2,1H3,(H,27,30). The number of anilines is 2. The normalized spacial score (nSPS) is 25.5. The second kappa shape index (κ2) is 8.53. The molecule has 2 aliphatic rings. The smallest absolute Gasteiger partial charge is 0.261 e. The number of rotatable bonds is 6. The molecular formula is C21H28ClFN6O. The van der Waals surface area contributed by atoms with Gasteiger partial charge in [-0.2, -0.15) is 5.10 Å². The number of nitrogens with two attached hydrogens (primary N) is 2. The summed E-state index contributed by atoms with van der Waals surface area (Å²) in [6.45, 7) is 1.50. The van der Waals surface area contributed by atoms with Crippen LogP contribution >= 0.6 is 11.6 Å². The van der Waals surface area contributed by atoms with E-state index in [0.29, 0.717) is 41.5 Å². The Kier molecular flexibility index (Phi) is 5.99.